The standard InChI is InChI=1S/C13H20O/c1-10(2)5-7-12-9-13(14-4)8-6-11(12)3/h6,8-10H,5,7H2,1-4H3. The Labute approximate surface area is 87.1 Å². The molecule has 1 heteroatoms. The fraction of sp³-hybridized carbons (Fsp3) is 0.538. The van der Waals surface area contributed by atoms with Gasteiger partial charge in [-0.25, -0.2) is 0 Å². The van der Waals surface area contributed by atoms with Gasteiger partial charge in [0.25, 0.3) is 0 Å². The molecule has 0 unspecified atom stereocenters. The molecular formula is C13H20O. The molecule has 0 aliphatic heterocycles. The molecule has 0 aliphatic rings. The fourth-order valence-corrected chi connectivity index (χ4v) is 1.49. The molecule has 1 aromatic carbocycles. The minimum Gasteiger partial charge on any atom is -0.497 e. The monoisotopic (exact) mass is 192 g/mol. The molecule has 0 heterocycles. The smallest absolute Gasteiger partial charge is 0.119 e. The van der Waals surface area contributed by atoms with Gasteiger partial charge in [-0.1, -0.05) is 19.9 Å². The first-order valence-electron chi connectivity index (χ1n) is 5.27. The lowest BCUT2D eigenvalue weighted by Gasteiger charge is -2.09. The average Bonchev–Trinajstić information content (AvgIpc) is 2.16. The minimum atomic E-state index is 0.764. The van der Waals surface area contributed by atoms with Gasteiger partial charge in [0, 0.05) is 0 Å². The lowest BCUT2D eigenvalue weighted by atomic mass is 9.99. The number of benzene rings is 1. The van der Waals surface area contributed by atoms with Crippen molar-refractivity contribution in [2.45, 2.75) is 33.6 Å². The fourth-order valence-electron chi connectivity index (χ4n) is 1.49. The first kappa shape index (κ1) is 11.1. The van der Waals surface area contributed by atoms with Crippen LogP contribution in [0.1, 0.15) is 31.4 Å². The Morgan fingerprint density at radius 3 is 2.57 bits per heavy atom. The number of methoxy groups -OCH3 is 1. The average molecular weight is 192 g/mol. The van der Waals surface area contributed by atoms with Gasteiger partial charge in [-0.3, -0.25) is 0 Å². The van der Waals surface area contributed by atoms with Crippen LogP contribution in [0.2, 0.25) is 0 Å². The van der Waals surface area contributed by atoms with Crippen LogP contribution < -0.4 is 4.74 Å². The number of hydrogen-bond acceptors (Lipinski definition) is 1. The normalized spacial score (nSPS) is 10.6. The van der Waals surface area contributed by atoms with Crippen LogP contribution in [0.3, 0.4) is 0 Å². The molecule has 14 heavy (non-hydrogen) atoms. The summed E-state index contributed by atoms with van der Waals surface area (Å²) >= 11 is 0. The van der Waals surface area contributed by atoms with E-state index >= 15 is 0 Å². The van der Waals surface area contributed by atoms with Crippen molar-refractivity contribution in [1.82, 2.24) is 0 Å². The van der Waals surface area contributed by atoms with E-state index in [2.05, 4.69) is 32.9 Å². The summed E-state index contributed by atoms with van der Waals surface area (Å²) in [5.74, 6) is 1.73. The van der Waals surface area contributed by atoms with E-state index in [4.69, 9.17) is 4.74 Å². The van der Waals surface area contributed by atoms with Gasteiger partial charge in [0.1, 0.15) is 5.75 Å². The summed E-state index contributed by atoms with van der Waals surface area (Å²) in [6.45, 7) is 6.68. The Balaban J connectivity index is 2.73. The Hall–Kier alpha value is -0.980. The first-order valence-corrected chi connectivity index (χ1v) is 5.27. The van der Waals surface area contributed by atoms with E-state index in [0.717, 1.165) is 18.1 Å². The maximum absolute atomic E-state index is 5.22. The van der Waals surface area contributed by atoms with Crippen molar-refractivity contribution in [3.63, 3.8) is 0 Å². The number of aryl methyl sites for hydroxylation is 2. The second-order valence-corrected chi connectivity index (χ2v) is 4.22. The van der Waals surface area contributed by atoms with Gasteiger partial charge >= 0.3 is 0 Å². The van der Waals surface area contributed by atoms with Crippen LogP contribution in [0.25, 0.3) is 0 Å². The van der Waals surface area contributed by atoms with Gasteiger partial charge < -0.3 is 4.74 Å². The predicted molar refractivity (Wildman–Crippen MR) is 60.9 cm³/mol. The summed E-state index contributed by atoms with van der Waals surface area (Å²) in [6.07, 6.45) is 2.40. The van der Waals surface area contributed by atoms with Gasteiger partial charge in [-0.05, 0) is 48.9 Å². The van der Waals surface area contributed by atoms with Crippen LogP contribution >= 0.6 is 0 Å². The first-order chi connectivity index (χ1) is 6.63. The SMILES string of the molecule is COc1ccc(C)c(CCC(C)C)c1. The molecule has 0 N–H and O–H groups in total. The Morgan fingerprint density at radius 1 is 1.29 bits per heavy atom. The minimum absolute atomic E-state index is 0.764. The molecule has 0 saturated carbocycles. The van der Waals surface area contributed by atoms with E-state index in [1.165, 1.54) is 17.5 Å². The molecule has 78 valence electrons. The van der Waals surface area contributed by atoms with Crippen molar-refractivity contribution >= 4 is 0 Å². The zero-order chi connectivity index (χ0) is 10.6. The molecule has 0 radical (unpaired) electrons. The van der Waals surface area contributed by atoms with Crippen molar-refractivity contribution in [1.29, 1.82) is 0 Å². The number of ether oxygens (including phenoxy) is 1. The third kappa shape index (κ3) is 3.06. The van der Waals surface area contributed by atoms with E-state index < -0.39 is 0 Å². The zero-order valence-corrected chi connectivity index (χ0v) is 9.63. The summed E-state index contributed by atoms with van der Waals surface area (Å²) in [5.41, 5.74) is 2.78. The van der Waals surface area contributed by atoms with Crippen molar-refractivity contribution < 1.29 is 4.74 Å². The Kier molecular flexibility index (Phi) is 3.99. The zero-order valence-electron chi connectivity index (χ0n) is 9.63. The van der Waals surface area contributed by atoms with E-state index in [1.807, 2.05) is 6.07 Å². The van der Waals surface area contributed by atoms with Crippen LogP contribution in [0.15, 0.2) is 18.2 Å². The van der Waals surface area contributed by atoms with Gasteiger partial charge in [0.05, 0.1) is 7.11 Å². The lowest BCUT2D eigenvalue weighted by Crippen LogP contribution is -1.95. The summed E-state index contributed by atoms with van der Waals surface area (Å²) < 4.78 is 5.22. The molecule has 0 amide bonds. The van der Waals surface area contributed by atoms with Crippen LogP contribution in [0, 0.1) is 12.8 Å². The second kappa shape index (κ2) is 5.04. The molecule has 0 fully saturated rings. The molecule has 0 spiro atoms. The van der Waals surface area contributed by atoms with E-state index in [0.29, 0.717) is 0 Å². The molecule has 0 aliphatic carbocycles. The largest absolute Gasteiger partial charge is 0.497 e. The van der Waals surface area contributed by atoms with Crippen LogP contribution in [-0.2, 0) is 6.42 Å². The third-order valence-electron chi connectivity index (χ3n) is 2.55. The van der Waals surface area contributed by atoms with E-state index in [-0.39, 0.29) is 0 Å². The topological polar surface area (TPSA) is 9.23 Å². The van der Waals surface area contributed by atoms with Crippen molar-refractivity contribution in [3.05, 3.63) is 29.3 Å². The quantitative estimate of drug-likeness (QED) is 0.708. The Bertz CT molecular complexity index is 289. The molecule has 0 saturated heterocycles. The highest BCUT2D eigenvalue weighted by Crippen LogP contribution is 2.19. The molecule has 1 aromatic rings. The summed E-state index contributed by atoms with van der Waals surface area (Å²) in [5, 5.41) is 0. The highest BCUT2D eigenvalue weighted by Gasteiger charge is 2.02. The molecule has 1 rings (SSSR count). The highest BCUT2D eigenvalue weighted by molar-refractivity contribution is 5.34. The summed E-state index contributed by atoms with van der Waals surface area (Å²) in [7, 11) is 1.72. The second-order valence-electron chi connectivity index (χ2n) is 4.22. The van der Waals surface area contributed by atoms with Gasteiger partial charge in [0.15, 0.2) is 0 Å². The maximum Gasteiger partial charge on any atom is 0.119 e. The van der Waals surface area contributed by atoms with Gasteiger partial charge in [-0.2, -0.15) is 0 Å². The number of rotatable bonds is 4. The van der Waals surface area contributed by atoms with Crippen LogP contribution in [0.4, 0.5) is 0 Å². The van der Waals surface area contributed by atoms with Crippen LogP contribution in [0.5, 0.6) is 5.75 Å². The predicted octanol–water partition coefficient (Wildman–Crippen LogP) is 3.59. The highest BCUT2D eigenvalue weighted by atomic mass is 16.5. The van der Waals surface area contributed by atoms with Crippen molar-refractivity contribution in [2.24, 2.45) is 5.92 Å². The van der Waals surface area contributed by atoms with Gasteiger partial charge in [-0.15, -0.1) is 0 Å². The summed E-state index contributed by atoms with van der Waals surface area (Å²) in [4.78, 5) is 0. The molecule has 0 aromatic heterocycles. The molecule has 0 bridgehead atoms. The molecular weight excluding hydrogens is 172 g/mol. The van der Waals surface area contributed by atoms with Gasteiger partial charge in [0.2, 0.25) is 0 Å². The van der Waals surface area contributed by atoms with E-state index in [9.17, 15) is 0 Å². The molecule has 0 atom stereocenters. The van der Waals surface area contributed by atoms with Crippen molar-refractivity contribution in [2.75, 3.05) is 7.11 Å². The summed E-state index contributed by atoms with van der Waals surface area (Å²) in [6, 6.07) is 6.31. The Morgan fingerprint density at radius 2 is 2.00 bits per heavy atom. The molecule has 1 nitrogen and oxygen atoms in total. The van der Waals surface area contributed by atoms with Crippen LogP contribution in [-0.4, -0.2) is 7.11 Å². The maximum atomic E-state index is 5.22. The number of hydrogen-bond donors (Lipinski definition) is 0. The van der Waals surface area contributed by atoms with Crippen molar-refractivity contribution in [3.8, 4) is 5.75 Å². The van der Waals surface area contributed by atoms with E-state index in [1.54, 1.807) is 7.11 Å². The lowest BCUT2D eigenvalue weighted by molar-refractivity contribution is 0.414. The third-order valence-corrected chi connectivity index (χ3v) is 2.55.